The summed E-state index contributed by atoms with van der Waals surface area (Å²) in [5.41, 5.74) is 1.10. The molecule has 0 aliphatic carbocycles. The SMILES string of the molecule is CN(CCc1ccncc1)C(=O)CCS(=O)(=O)N1CCOCC1. The zero-order valence-electron chi connectivity index (χ0n) is 13.3. The molecular formula is C15H23N3O4S. The number of morpholine rings is 1. The number of aromatic nitrogens is 1. The lowest BCUT2D eigenvalue weighted by Gasteiger charge is -2.26. The van der Waals surface area contributed by atoms with Gasteiger partial charge in [-0.05, 0) is 24.1 Å². The predicted molar refractivity (Wildman–Crippen MR) is 86.4 cm³/mol. The summed E-state index contributed by atoms with van der Waals surface area (Å²) in [6, 6.07) is 3.81. The maximum atomic E-state index is 12.2. The van der Waals surface area contributed by atoms with E-state index in [9.17, 15) is 13.2 Å². The first-order valence-electron chi connectivity index (χ1n) is 7.67. The van der Waals surface area contributed by atoms with Gasteiger partial charge in [-0.2, -0.15) is 4.31 Å². The van der Waals surface area contributed by atoms with Crippen molar-refractivity contribution < 1.29 is 17.9 Å². The molecule has 1 aromatic heterocycles. The van der Waals surface area contributed by atoms with Crippen LogP contribution in [0.25, 0.3) is 0 Å². The van der Waals surface area contributed by atoms with E-state index in [4.69, 9.17) is 4.74 Å². The molecule has 8 heteroatoms. The molecule has 1 aliphatic heterocycles. The zero-order valence-corrected chi connectivity index (χ0v) is 14.2. The van der Waals surface area contributed by atoms with E-state index < -0.39 is 10.0 Å². The average molecular weight is 341 g/mol. The van der Waals surface area contributed by atoms with Crippen molar-refractivity contribution in [1.29, 1.82) is 0 Å². The number of carbonyl (C=O) groups is 1. The summed E-state index contributed by atoms with van der Waals surface area (Å²) >= 11 is 0. The van der Waals surface area contributed by atoms with E-state index in [1.165, 1.54) is 4.31 Å². The highest BCUT2D eigenvalue weighted by Crippen LogP contribution is 2.08. The van der Waals surface area contributed by atoms with Crippen LogP contribution in [0.4, 0.5) is 0 Å². The lowest BCUT2D eigenvalue weighted by Crippen LogP contribution is -2.42. The van der Waals surface area contributed by atoms with Crippen LogP contribution in [0.15, 0.2) is 24.5 Å². The Balaban J connectivity index is 1.77. The van der Waals surface area contributed by atoms with E-state index >= 15 is 0 Å². The molecule has 0 radical (unpaired) electrons. The minimum Gasteiger partial charge on any atom is -0.379 e. The highest BCUT2D eigenvalue weighted by Gasteiger charge is 2.25. The second-order valence-electron chi connectivity index (χ2n) is 5.50. The Morgan fingerprint density at radius 2 is 1.96 bits per heavy atom. The summed E-state index contributed by atoms with van der Waals surface area (Å²) in [5.74, 6) is -0.304. The van der Waals surface area contributed by atoms with Gasteiger partial charge in [0.25, 0.3) is 0 Å². The van der Waals surface area contributed by atoms with Crippen molar-refractivity contribution in [1.82, 2.24) is 14.2 Å². The molecule has 1 aliphatic rings. The molecule has 2 rings (SSSR count). The minimum absolute atomic E-state index is 0.00648. The third-order valence-electron chi connectivity index (χ3n) is 3.85. The van der Waals surface area contributed by atoms with Gasteiger partial charge in [0, 0.05) is 45.5 Å². The normalized spacial score (nSPS) is 16.2. The van der Waals surface area contributed by atoms with E-state index in [2.05, 4.69) is 4.98 Å². The summed E-state index contributed by atoms with van der Waals surface area (Å²) in [7, 11) is -1.68. The number of ether oxygens (including phenoxy) is 1. The molecule has 0 bridgehead atoms. The second-order valence-corrected chi connectivity index (χ2v) is 7.59. The number of sulfonamides is 1. The maximum Gasteiger partial charge on any atom is 0.223 e. The molecule has 0 atom stereocenters. The number of hydrogen-bond acceptors (Lipinski definition) is 5. The highest BCUT2D eigenvalue weighted by molar-refractivity contribution is 7.89. The van der Waals surface area contributed by atoms with Crippen molar-refractivity contribution >= 4 is 15.9 Å². The molecule has 2 heterocycles. The molecular weight excluding hydrogens is 318 g/mol. The van der Waals surface area contributed by atoms with E-state index in [0.29, 0.717) is 32.8 Å². The summed E-state index contributed by atoms with van der Waals surface area (Å²) in [5, 5.41) is 0. The van der Waals surface area contributed by atoms with Gasteiger partial charge in [0.15, 0.2) is 0 Å². The van der Waals surface area contributed by atoms with Crippen LogP contribution < -0.4 is 0 Å². The van der Waals surface area contributed by atoms with Crippen LogP contribution in [-0.4, -0.2) is 74.2 Å². The van der Waals surface area contributed by atoms with Crippen molar-refractivity contribution in [2.24, 2.45) is 0 Å². The fourth-order valence-electron chi connectivity index (χ4n) is 2.33. The smallest absolute Gasteiger partial charge is 0.223 e. The quantitative estimate of drug-likeness (QED) is 0.704. The molecule has 128 valence electrons. The largest absolute Gasteiger partial charge is 0.379 e. The molecule has 1 fully saturated rings. The van der Waals surface area contributed by atoms with Crippen LogP contribution in [0.5, 0.6) is 0 Å². The number of hydrogen-bond donors (Lipinski definition) is 0. The average Bonchev–Trinajstić information content (AvgIpc) is 2.59. The van der Waals surface area contributed by atoms with Crippen LogP contribution in [0.2, 0.25) is 0 Å². The third-order valence-corrected chi connectivity index (χ3v) is 5.72. The summed E-state index contributed by atoms with van der Waals surface area (Å²) in [4.78, 5) is 17.6. The molecule has 0 spiro atoms. The third kappa shape index (κ3) is 5.56. The van der Waals surface area contributed by atoms with Gasteiger partial charge in [-0.25, -0.2) is 8.42 Å². The first kappa shape index (κ1) is 17.8. The maximum absolute atomic E-state index is 12.2. The molecule has 1 amide bonds. The van der Waals surface area contributed by atoms with Gasteiger partial charge in [0.2, 0.25) is 15.9 Å². The summed E-state index contributed by atoms with van der Waals surface area (Å²) in [6.45, 7) is 2.13. The van der Waals surface area contributed by atoms with Crippen molar-refractivity contribution in [2.75, 3.05) is 45.6 Å². The molecule has 1 saturated heterocycles. The Labute approximate surface area is 137 Å². The van der Waals surface area contributed by atoms with Gasteiger partial charge in [0.1, 0.15) is 0 Å². The first-order valence-corrected chi connectivity index (χ1v) is 9.28. The van der Waals surface area contributed by atoms with Crippen molar-refractivity contribution in [3.8, 4) is 0 Å². The van der Waals surface area contributed by atoms with Crippen molar-refractivity contribution in [3.63, 3.8) is 0 Å². The Kier molecular flexibility index (Phi) is 6.49. The molecule has 0 saturated carbocycles. The van der Waals surface area contributed by atoms with Crippen LogP contribution in [-0.2, 0) is 26.0 Å². The lowest BCUT2D eigenvalue weighted by atomic mass is 10.2. The van der Waals surface area contributed by atoms with Crippen LogP contribution in [0, 0.1) is 0 Å². The number of pyridine rings is 1. The monoisotopic (exact) mass is 341 g/mol. The summed E-state index contributed by atoms with van der Waals surface area (Å²) in [6.07, 6.45) is 4.16. The number of likely N-dealkylation sites (N-methyl/N-ethyl adjacent to an activating group) is 1. The van der Waals surface area contributed by atoms with E-state index in [1.54, 1.807) is 24.3 Å². The number of rotatable bonds is 7. The number of carbonyl (C=O) groups excluding carboxylic acids is 1. The number of nitrogens with zero attached hydrogens (tertiary/aromatic N) is 3. The topological polar surface area (TPSA) is 79.8 Å². The zero-order chi connectivity index (χ0) is 16.7. The van der Waals surface area contributed by atoms with Crippen LogP contribution >= 0.6 is 0 Å². The predicted octanol–water partition coefficient (Wildman–Crippen LogP) is 0.135. The van der Waals surface area contributed by atoms with Crippen molar-refractivity contribution in [2.45, 2.75) is 12.8 Å². The molecule has 7 nitrogen and oxygen atoms in total. The van der Waals surface area contributed by atoms with E-state index in [1.807, 2.05) is 12.1 Å². The van der Waals surface area contributed by atoms with Crippen LogP contribution in [0.3, 0.4) is 0 Å². The first-order chi connectivity index (χ1) is 11.0. The fourth-order valence-corrected chi connectivity index (χ4v) is 3.73. The highest BCUT2D eigenvalue weighted by atomic mass is 32.2. The Morgan fingerprint density at radius 1 is 1.30 bits per heavy atom. The molecule has 0 unspecified atom stereocenters. The Morgan fingerprint density at radius 3 is 2.61 bits per heavy atom. The van der Waals surface area contributed by atoms with Gasteiger partial charge >= 0.3 is 0 Å². The van der Waals surface area contributed by atoms with Crippen molar-refractivity contribution in [3.05, 3.63) is 30.1 Å². The molecule has 0 N–H and O–H groups in total. The second kappa shape index (κ2) is 8.37. The molecule has 23 heavy (non-hydrogen) atoms. The van der Waals surface area contributed by atoms with Crippen LogP contribution in [0.1, 0.15) is 12.0 Å². The van der Waals surface area contributed by atoms with E-state index in [-0.39, 0.29) is 18.1 Å². The number of amides is 1. The van der Waals surface area contributed by atoms with Gasteiger partial charge in [-0.1, -0.05) is 0 Å². The van der Waals surface area contributed by atoms with E-state index in [0.717, 1.165) is 12.0 Å². The lowest BCUT2D eigenvalue weighted by molar-refractivity contribution is -0.129. The van der Waals surface area contributed by atoms with Gasteiger partial charge in [-0.15, -0.1) is 0 Å². The van der Waals surface area contributed by atoms with Gasteiger partial charge in [-0.3, -0.25) is 9.78 Å². The summed E-state index contributed by atoms with van der Waals surface area (Å²) < 4.78 is 30.9. The minimum atomic E-state index is -3.38. The Hall–Kier alpha value is -1.51. The molecule has 0 aromatic carbocycles. The fraction of sp³-hybridized carbons (Fsp3) is 0.600. The van der Waals surface area contributed by atoms with Gasteiger partial charge in [0.05, 0.1) is 19.0 Å². The van der Waals surface area contributed by atoms with Gasteiger partial charge < -0.3 is 9.64 Å². The Bertz CT molecular complexity index is 600. The molecule has 1 aromatic rings. The standard InChI is InChI=1S/C15H23N3O4S/c1-17(8-4-14-2-6-16-7-3-14)15(19)5-13-23(20,21)18-9-11-22-12-10-18/h2-3,6-7H,4-5,8-13H2,1H3.